The fourth-order valence-corrected chi connectivity index (χ4v) is 2.97. The average molecular weight is 335 g/mol. The van der Waals surface area contributed by atoms with E-state index in [0.29, 0.717) is 17.9 Å². The average Bonchev–Trinajstić information content (AvgIpc) is 3.13. The van der Waals surface area contributed by atoms with E-state index in [-0.39, 0.29) is 0 Å². The minimum absolute atomic E-state index is 0.292. The molecule has 0 N–H and O–H groups in total. The number of fused-ring (bicyclic) bond motifs is 1. The van der Waals surface area contributed by atoms with Crippen LogP contribution in [0.1, 0.15) is 11.1 Å². The van der Waals surface area contributed by atoms with E-state index in [1.165, 1.54) is 0 Å². The van der Waals surface area contributed by atoms with Crippen molar-refractivity contribution in [3.8, 4) is 34.7 Å². The van der Waals surface area contributed by atoms with Crippen LogP contribution in [0.25, 0.3) is 33.7 Å². The minimum atomic E-state index is 0.292. The fourth-order valence-electron chi connectivity index (χ4n) is 2.97. The number of aromatic nitrogens is 1. The molecule has 0 atom stereocenters. The summed E-state index contributed by atoms with van der Waals surface area (Å²) in [4.78, 5) is 4.54. The van der Waals surface area contributed by atoms with Crippen LogP contribution in [-0.4, -0.2) is 4.98 Å². The maximum atomic E-state index is 9.17. The SMILES string of the molecule is N#CCc1ccc(-c2nc3ccccc3o2)cc1-c1cccc(C#N)c1. The molecule has 4 rings (SSSR count). The highest BCUT2D eigenvalue weighted by Gasteiger charge is 2.12. The molecule has 0 saturated carbocycles. The van der Waals surface area contributed by atoms with Crippen molar-refractivity contribution in [2.75, 3.05) is 0 Å². The van der Waals surface area contributed by atoms with Gasteiger partial charge in [0.25, 0.3) is 0 Å². The van der Waals surface area contributed by atoms with Crippen LogP contribution in [0.2, 0.25) is 0 Å². The molecule has 0 unspecified atom stereocenters. The number of benzene rings is 3. The predicted molar refractivity (Wildman–Crippen MR) is 98.9 cm³/mol. The Morgan fingerprint density at radius 3 is 2.58 bits per heavy atom. The van der Waals surface area contributed by atoms with Gasteiger partial charge in [-0.25, -0.2) is 4.98 Å². The molecule has 26 heavy (non-hydrogen) atoms. The molecule has 4 nitrogen and oxygen atoms in total. The Balaban J connectivity index is 1.87. The molecule has 122 valence electrons. The zero-order chi connectivity index (χ0) is 17.9. The van der Waals surface area contributed by atoms with E-state index < -0.39 is 0 Å². The maximum Gasteiger partial charge on any atom is 0.227 e. The highest BCUT2D eigenvalue weighted by atomic mass is 16.3. The van der Waals surface area contributed by atoms with Gasteiger partial charge in [0.15, 0.2) is 5.58 Å². The van der Waals surface area contributed by atoms with E-state index in [1.54, 1.807) is 6.07 Å². The minimum Gasteiger partial charge on any atom is -0.436 e. The van der Waals surface area contributed by atoms with Crippen LogP contribution in [0.4, 0.5) is 0 Å². The van der Waals surface area contributed by atoms with Gasteiger partial charge in [-0.15, -0.1) is 0 Å². The lowest BCUT2D eigenvalue weighted by Crippen LogP contribution is -1.91. The first-order valence-corrected chi connectivity index (χ1v) is 8.15. The van der Waals surface area contributed by atoms with E-state index in [1.807, 2.05) is 60.7 Å². The summed E-state index contributed by atoms with van der Waals surface area (Å²) in [6, 6.07) is 25.1. The third-order valence-electron chi connectivity index (χ3n) is 4.22. The van der Waals surface area contributed by atoms with Crippen molar-refractivity contribution in [3.63, 3.8) is 0 Å². The third-order valence-corrected chi connectivity index (χ3v) is 4.22. The molecule has 0 radical (unpaired) electrons. The van der Waals surface area contributed by atoms with Crippen LogP contribution in [0.15, 0.2) is 71.1 Å². The summed E-state index contributed by atoms with van der Waals surface area (Å²) in [5.74, 6) is 0.535. The first kappa shape index (κ1) is 15.6. The molecule has 0 spiro atoms. The second-order valence-electron chi connectivity index (χ2n) is 5.89. The fraction of sp³-hybridized carbons (Fsp3) is 0.0455. The molecule has 1 heterocycles. The number of hydrogen-bond donors (Lipinski definition) is 0. The number of para-hydroxylation sites is 2. The maximum absolute atomic E-state index is 9.17. The lowest BCUT2D eigenvalue weighted by Gasteiger charge is -2.09. The summed E-state index contributed by atoms with van der Waals surface area (Å²) < 4.78 is 5.86. The van der Waals surface area contributed by atoms with E-state index in [2.05, 4.69) is 17.1 Å². The van der Waals surface area contributed by atoms with Gasteiger partial charge >= 0.3 is 0 Å². The summed E-state index contributed by atoms with van der Waals surface area (Å²) in [6.07, 6.45) is 0.292. The van der Waals surface area contributed by atoms with Gasteiger partial charge in [0, 0.05) is 5.56 Å². The smallest absolute Gasteiger partial charge is 0.227 e. The van der Waals surface area contributed by atoms with Gasteiger partial charge in [-0.2, -0.15) is 10.5 Å². The summed E-state index contributed by atoms with van der Waals surface area (Å²) in [6.45, 7) is 0. The van der Waals surface area contributed by atoms with Crippen LogP contribution < -0.4 is 0 Å². The van der Waals surface area contributed by atoms with E-state index >= 15 is 0 Å². The monoisotopic (exact) mass is 335 g/mol. The topological polar surface area (TPSA) is 73.6 Å². The van der Waals surface area contributed by atoms with Gasteiger partial charge in [-0.1, -0.05) is 30.3 Å². The van der Waals surface area contributed by atoms with Crippen LogP contribution in [0, 0.1) is 22.7 Å². The Bertz CT molecular complexity index is 1160. The quantitative estimate of drug-likeness (QED) is 0.522. The van der Waals surface area contributed by atoms with Crippen molar-refractivity contribution < 1.29 is 4.42 Å². The highest BCUT2D eigenvalue weighted by Crippen LogP contribution is 2.31. The van der Waals surface area contributed by atoms with Gasteiger partial charge < -0.3 is 4.42 Å². The number of oxazole rings is 1. The molecule has 4 heteroatoms. The normalized spacial score (nSPS) is 10.4. The molecule has 0 bridgehead atoms. The van der Waals surface area contributed by atoms with Crippen molar-refractivity contribution in [2.24, 2.45) is 0 Å². The molecule has 0 fully saturated rings. The van der Waals surface area contributed by atoms with Gasteiger partial charge in [0.1, 0.15) is 5.52 Å². The van der Waals surface area contributed by atoms with Crippen LogP contribution in [-0.2, 0) is 6.42 Å². The molecule has 0 amide bonds. The molecular weight excluding hydrogens is 322 g/mol. The second-order valence-corrected chi connectivity index (χ2v) is 5.89. The Labute approximate surface area is 150 Å². The van der Waals surface area contributed by atoms with E-state index in [0.717, 1.165) is 33.4 Å². The molecule has 1 aromatic heterocycles. The molecule has 4 aromatic rings. The Kier molecular flexibility index (Phi) is 3.94. The second kappa shape index (κ2) is 6.55. The highest BCUT2D eigenvalue weighted by molar-refractivity contribution is 5.79. The van der Waals surface area contributed by atoms with Gasteiger partial charge in [-0.05, 0) is 53.1 Å². The largest absolute Gasteiger partial charge is 0.436 e. The van der Waals surface area contributed by atoms with Crippen molar-refractivity contribution in [1.82, 2.24) is 4.98 Å². The lowest BCUT2D eigenvalue weighted by molar-refractivity contribution is 0.620. The number of nitrogens with zero attached hydrogens (tertiary/aromatic N) is 3. The molecule has 0 aliphatic carbocycles. The lowest BCUT2D eigenvalue weighted by atomic mass is 9.94. The first-order chi connectivity index (χ1) is 12.8. The molecule has 3 aromatic carbocycles. The van der Waals surface area contributed by atoms with Crippen LogP contribution >= 0.6 is 0 Å². The van der Waals surface area contributed by atoms with Gasteiger partial charge in [0.2, 0.25) is 5.89 Å². The zero-order valence-corrected chi connectivity index (χ0v) is 13.8. The van der Waals surface area contributed by atoms with E-state index in [4.69, 9.17) is 14.9 Å². The molecule has 0 saturated heterocycles. The van der Waals surface area contributed by atoms with Gasteiger partial charge in [-0.3, -0.25) is 0 Å². The van der Waals surface area contributed by atoms with E-state index in [9.17, 15) is 0 Å². The molecule has 0 aliphatic rings. The zero-order valence-electron chi connectivity index (χ0n) is 13.8. The van der Waals surface area contributed by atoms with Crippen molar-refractivity contribution >= 4 is 11.1 Å². The molecule has 0 aliphatic heterocycles. The summed E-state index contributed by atoms with van der Waals surface area (Å²) >= 11 is 0. The third kappa shape index (κ3) is 2.81. The first-order valence-electron chi connectivity index (χ1n) is 8.15. The number of hydrogen-bond acceptors (Lipinski definition) is 4. The Hall–Kier alpha value is -3.89. The predicted octanol–water partition coefficient (Wildman–Crippen LogP) is 5.10. The molecular formula is C22H13N3O. The van der Waals surface area contributed by atoms with Crippen LogP contribution in [0.3, 0.4) is 0 Å². The number of rotatable bonds is 3. The summed E-state index contributed by atoms with van der Waals surface area (Å²) in [5, 5.41) is 18.3. The van der Waals surface area contributed by atoms with Gasteiger partial charge in [0.05, 0.1) is 24.1 Å². The van der Waals surface area contributed by atoms with Crippen LogP contribution in [0.5, 0.6) is 0 Å². The summed E-state index contributed by atoms with van der Waals surface area (Å²) in [5.41, 5.74) is 5.66. The standard InChI is InChI=1S/C22H13N3O/c23-11-10-16-8-9-18(22-25-20-6-1-2-7-21(20)26-22)13-19(16)17-5-3-4-15(12-17)14-24/h1-9,12-13H,10H2. The summed E-state index contributed by atoms with van der Waals surface area (Å²) in [7, 11) is 0. The van der Waals surface area contributed by atoms with Crippen molar-refractivity contribution in [1.29, 1.82) is 10.5 Å². The Morgan fingerprint density at radius 1 is 0.885 bits per heavy atom. The Morgan fingerprint density at radius 2 is 1.77 bits per heavy atom. The number of nitriles is 2. The van der Waals surface area contributed by atoms with Crippen molar-refractivity contribution in [2.45, 2.75) is 6.42 Å². The van der Waals surface area contributed by atoms with Crippen molar-refractivity contribution in [3.05, 3.63) is 77.9 Å².